The van der Waals surface area contributed by atoms with E-state index in [-0.39, 0.29) is 17.3 Å². The van der Waals surface area contributed by atoms with E-state index in [1.807, 2.05) is 6.92 Å². The number of rotatable bonds is 5. The highest BCUT2D eigenvalue weighted by Gasteiger charge is 2.20. The lowest BCUT2D eigenvalue weighted by molar-refractivity contribution is 0.0697. The Balaban J connectivity index is 2.62. The van der Waals surface area contributed by atoms with E-state index in [9.17, 15) is 9.59 Å². The molecule has 0 bridgehead atoms. The predicted octanol–water partition coefficient (Wildman–Crippen LogP) is 3.03. The lowest BCUT2D eigenvalue weighted by Gasteiger charge is -2.22. The molecule has 1 atom stereocenters. The Morgan fingerprint density at radius 2 is 2.00 bits per heavy atom. The van der Waals surface area contributed by atoms with Gasteiger partial charge in [-0.15, -0.1) is 0 Å². The third-order valence-electron chi connectivity index (χ3n) is 4.10. The van der Waals surface area contributed by atoms with Crippen molar-refractivity contribution in [1.82, 2.24) is 9.55 Å². The number of hydrogen-bond donors (Lipinski definition) is 2. The van der Waals surface area contributed by atoms with Crippen molar-refractivity contribution >= 4 is 17.0 Å². The maximum Gasteiger partial charge on any atom is 0.335 e. The Hall–Kier alpha value is -2.04. The van der Waals surface area contributed by atoms with Gasteiger partial charge in [0.05, 0.1) is 16.6 Å². The van der Waals surface area contributed by atoms with Gasteiger partial charge in [0, 0.05) is 6.04 Å². The van der Waals surface area contributed by atoms with Crippen molar-refractivity contribution in [3.8, 4) is 0 Å². The molecule has 5 nitrogen and oxygen atoms in total. The first kappa shape index (κ1) is 14.4. The van der Waals surface area contributed by atoms with E-state index >= 15 is 0 Å². The van der Waals surface area contributed by atoms with Gasteiger partial charge < -0.3 is 10.1 Å². The average Bonchev–Trinajstić information content (AvgIpc) is 2.74. The number of H-pyrrole nitrogens is 1. The molecule has 0 radical (unpaired) electrons. The van der Waals surface area contributed by atoms with Gasteiger partial charge in [-0.05, 0) is 31.0 Å². The van der Waals surface area contributed by atoms with Crippen molar-refractivity contribution in [1.29, 1.82) is 0 Å². The topological polar surface area (TPSA) is 75.1 Å². The molecule has 0 saturated heterocycles. The monoisotopic (exact) mass is 276 g/mol. The van der Waals surface area contributed by atoms with Gasteiger partial charge in [-0.1, -0.05) is 26.7 Å². The molecule has 0 spiro atoms. The Bertz CT molecular complexity index is 680. The highest BCUT2D eigenvalue weighted by molar-refractivity contribution is 5.92. The molecule has 0 aliphatic heterocycles. The third kappa shape index (κ3) is 2.35. The normalized spacial score (nSPS) is 13.0. The van der Waals surface area contributed by atoms with Crippen molar-refractivity contribution in [3.63, 3.8) is 0 Å². The second-order valence-corrected chi connectivity index (χ2v) is 5.15. The second-order valence-electron chi connectivity index (χ2n) is 5.15. The van der Waals surface area contributed by atoms with Crippen LogP contribution >= 0.6 is 0 Å². The summed E-state index contributed by atoms with van der Waals surface area (Å²) >= 11 is 0. The van der Waals surface area contributed by atoms with Crippen LogP contribution in [-0.4, -0.2) is 20.6 Å². The van der Waals surface area contributed by atoms with Crippen molar-refractivity contribution in [2.24, 2.45) is 5.92 Å². The van der Waals surface area contributed by atoms with E-state index < -0.39 is 5.97 Å². The minimum Gasteiger partial charge on any atom is -0.478 e. The molecular formula is C15H20N2O3. The van der Waals surface area contributed by atoms with Gasteiger partial charge in [0.2, 0.25) is 0 Å². The largest absolute Gasteiger partial charge is 0.478 e. The van der Waals surface area contributed by atoms with Crippen LogP contribution in [0.1, 0.15) is 50.0 Å². The van der Waals surface area contributed by atoms with Gasteiger partial charge in [0.15, 0.2) is 0 Å². The zero-order chi connectivity index (χ0) is 14.9. The summed E-state index contributed by atoms with van der Waals surface area (Å²) in [7, 11) is 0. The van der Waals surface area contributed by atoms with Gasteiger partial charge in [-0.25, -0.2) is 9.59 Å². The van der Waals surface area contributed by atoms with Gasteiger partial charge in [0.1, 0.15) is 0 Å². The summed E-state index contributed by atoms with van der Waals surface area (Å²) in [6.07, 6.45) is 1.96. The van der Waals surface area contributed by atoms with Gasteiger partial charge in [-0.2, -0.15) is 0 Å². The van der Waals surface area contributed by atoms with Crippen LogP contribution in [0.15, 0.2) is 23.0 Å². The average molecular weight is 276 g/mol. The first-order valence-electron chi connectivity index (χ1n) is 6.97. The fraction of sp³-hybridized carbons (Fsp3) is 0.467. The van der Waals surface area contributed by atoms with E-state index in [0.717, 1.165) is 12.8 Å². The Labute approximate surface area is 117 Å². The van der Waals surface area contributed by atoms with Crippen LogP contribution in [0.2, 0.25) is 0 Å². The van der Waals surface area contributed by atoms with E-state index in [1.165, 1.54) is 6.07 Å². The number of hydrogen-bond acceptors (Lipinski definition) is 2. The molecule has 1 unspecified atom stereocenters. The number of benzene rings is 1. The molecule has 1 aromatic heterocycles. The summed E-state index contributed by atoms with van der Waals surface area (Å²) in [5.74, 6) is -0.595. The Morgan fingerprint density at radius 3 is 2.55 bits per heavy atom. The van der Waals surface area contributed by atoms with Gasteiger partial charge in [0.25, 0.3) is 0 Å². The SMILES string of the molecule is CCC(CC)C(C)n1c(=O)[nH]c2ccc(C(=O)O)cc21. The molecule has 5 heteroatoms. The molecule has 0 saturated carbocycles. The number of imidazole rings is 1. The maximum absolute atomic E-state index is 12.2. The molecule has 1 aromatic carbocycles. The Morgan fingerprint density at radius 1 is 1.35 bits per heavy atom. The molecule has 0 fully saturated rings. The van der Waals surface area contributed by atoms with E-state index in [4.69, 9.17) is 5.11 Å². The van der Waals surface area contributed by atoms with Crippen molar-refractivity contribution in [2.75, 3.05) is 0 Å². The lowest BCUT2D eigenvalue weighted by atomic mass is 9.95. The standard InChI is InChI=1S/C15H20N2O3/c1-4-10(5-2)9(3)17-13-8-11(14(18)19)6-7-12(13)16-15(17)20/h6-10H,4-5H2,1-3H3,(H,16,20)(H,18,19). The molecule has 0 amide bonds. The number of carboxylic acid groups (broad SMARTS) is 1. The second kappa shape index (κ2) is 5.53. The smallest absolute Gasteiger partial charge is 0.335 e. The van der Waals surface area contributed by atoms with Crippen LogP contribution in [0.4, 0.5) is 0 Å². The number of carbonyl (C=O) groups is 1. The molecule has 108 valence electrons. The van der Waals surface area contributed by atoms with Crippen molar-refractivity contribution < 1.29 is 9.90 Å². The number of carboxylic acids is 1. The molecule has 20 heavy (non-hydrogen) atoms. The first-order chi connectivity index (χ1) is 9.49. The summed E-state index contributed by atoms with van der Waals surface area (Å²) in [5, 5.41) is 9.08. The molecule has 1 heterocycles. The first-order valence-corrected chi connectivity index (χ1v) is 6.97. The quantitative estimate of drug-likeness (QED) is 0.881. The zero-order valence-electron chi connectivity index (χ0n) is 12.0. The molecule has 0 aliphatic rings. The van der Waals surface area contributed by atoms with E-state index in [0.29, 0.717) is 17.0 Å². The Kier molecular flexibility index (Phi) is 3.97. The lowest BCUT2D eigenvalue weighted by Crippen LogP contribution is -2.25. The van der Waals surface area contributed by atoms with Crippen LogP contribution in [0.3, 0.4) is 0 Å². The molecule has 2 rings (SSSR count). The van der Waals surface area contributed by atoms with Crippen LogP contribution < -0.4 is 5.69 Å². The summed E-state index contributed by atoms with van der Waals surface area (Å²) in [6.45, 7) is 6.22. The number of aromatic nitrogens is 2. The molecule has 0 aliphatic carbocycles. The number of aromatic amines is 1. The van der Waals surface area contributed by atoms with Gasteiger partial charge in [-0.3, -0.25) is 4.57 Å². The number of aromatic carboxylic acids is 1. The summed E-state index contributed by atoms with van der Waals surface area (Å²) in [4.78, 5) is 26.0. The summed E-state index contributed by atoms with van der Waals surface area (Å²) in [5.41, 5.74) is 1.36. The highest BCUT2D eigenvalue weighted by Crippen LogP contribution is 2.26. The zero-order valence-corrected chi connectivity index (χ0v) is 12.0. The van der Waals surface area contributed by atoms with Crippen LogP contribution in [0.5, 0.6) is 0 Å². The van der Waals surface area contributed by atoms with E-state index in [2.05, 4.69) is 18.8 Å². The maximum atomic E-state index is 12.2. The van der Waals surface area contributed by atoms with Gasteiger partial charge >= 0.3 is 11.7 Å². The number of fused-ring (bicyclic) bond motifs is 1. The molecular weight excluding hydrogens is 256 g/mol. The third-order valence-corrected chi connectivity index (χ3v) is 4.10. The van der Waals surface area contributed by atoms with Crippen molar-refractivity contribution in [3.05, 3.63) is 34.2 Å². The van der Waals surface area contributed by atoms with Crippen LogP contribution in [-0.2, 0) is 0 Å². The number of nitrogens with one attached hydrogen (secondary N) is 1. The van der Waals surface area contributed by atoms with Crippen LogP contribution in [0.25, 0.3) is 11.0 Å². The summed E-state index contributed by atoms with van der Waals surface area (Å²) < 4.78 is 1.68. The summed E-state index contributed by atoms with van der Waals surface area (Å²) in [6, 6.07) is 4.76. The number of nitrogens with zero attached hydrogens (tertiary/aromatic N) is 1. The van der Waals surface area contributed by atoms with Crippen LogP contribution in [0, 0.1) is 5.92 Å². The minimum atomic E-state index is -0.984. The molecule has 2 N–H and O–H groups in total. The molecule has 2 aromatic rings. The van der Waals surface area contributed by atoms with E-state index in [1.54, 1.807) is 16.7 Å². The fourth-order valence-corrected chi connectivity index (χ4v) is 2.84. The predicted molar refractivity (Wildman–Crippen MR) is 78.3 cm³/mol. The minimum absolute atomic E-state index is 0.0373. The highest BCUT2D eigenvalue weighted by atomic mass is 16.4. The fourth-order valence-electron chi connectivity index (χ4n) is 2.84. The van der Waals surface area contributed by atoms with Crippen molar-refractivity contribution in [2.45, 2.75) is 39.7 Å².